The molecule has 1 atom stereocenters. The highest BCUT2D eigenvalue weighted by Gasteiger charge is 2.22. The van der Waals surface area contributed by atoms with Gasteiger partial charge in [-0.25, -0.2) is 0 Å². The Balaban J connectivity index is 1.92. The van der Waals surface area contributed by atoms with E-state index in [2.05, 4.69) is 17.4 Å². The van der Waals surface area contributed by atoms with Crippen LogP contribution in [-0.4, -0.2) is 26.9 Å². The van der Waals surface area contributed by atoms with Crippen LogP contribution in [0.25, 0.3) is 0 Å². The van der Waals surface area contributed by atoms with Gasteiger partial charge >= 0.3 is 0 Å². The molecule has 1 heterocycles. The molecule has 3 nitrogen and oxygen atoms in total. The molecule has 3 heteroatoms. The fourth-order valence-electron chi connectivity index (χ4n) is 1.36. The maximum atomic E-state index is 5.51. The summed E-state index contributed by atoms with van der Waals surface area (Å²) in [6, 6.07) is 8.74. The number of hydrogen-bond donors (Lipinski definition) is 1. The lowest BCUT2D eigenvalue weighted by atomic mass is 10.1. The van der Waals surface area contributed by atoms with Crippen LogP contribution in [0, 0.1) is 0 Å². The van der Waals surface area contributed by atoms with Crippen LogP contribution in [0.3, 0.4) is 0 Å². The Bertz CT molecular complexity index is 297. The van der Waals surface area contributed by atoms with E-state index in [1.54, 1.807) is 7.11 Å². The van der Waals surface area contributed by atoms with Crippen molar-refractivity contribution in [2.45, 2.75) is 6.04 Å². The summed E-state index contributed by atoms with van der Waals surface area (Å²) >= 11 is 0. The standard InChI is InChI=1S/C11H15NO2/c1-13-5-6-14-10-4-2-3-9(7-10)11-8-12-11/h2-4,7,11-12H,5-6,8H2,1H3/t11-/m1/s1. The Morgan fingerprint density at radius 3 is 3.00 bits per heavy atom. The molecule has 76 valence electrons. The minimum atomic E-state index is 0.543. The van der Waals surface area contributed by atoms with E-state index < -0.39 is 0 Å². The molecule has 1 aromatic rings. The van der Waals surface area contributed by atoms with Crippen LogP contribution < -0.4 is 10.1 Å². The van der Waals surface area contributed by atoms with E-state index in [-0.39, 0.29) is 0 Å². The molecule has 1 aliphatic rings. The minimum Gasteiger partial charge on any atom is -0.491 e. The van der Waals surface area contributed by atoms with E-state index >= 15 is 0 Å². The van der Waals surface area contributed by atoms with Crippen LogP contribution in [0.4, 0.5) is 0 Å². The molecular formula is C11H15NO2. The first-order valence-corrected chi connectivity index (χ1v) is 4.85. The first kappa shape index (κ1) is 9.49. The van der Waals surface area contributed by atoms with Crippen molar-refractivity contribution >= 4 is 0 Å². The third-order valence-corrected chi connectivity index (χ3v) is 2.22. The highest BCUT2D eigenvalue weighted by Crippen LogP contribution is 2.24. The molecule has 14 heavy (non-hydrogen) atoms. The Morgan fingerprint density at radius 2 is 2.29 bits per heavy atom. The van der Waals surface area contributed by atoms with Gasteiger partial charge in [-0.1, -0.05) is 12.1 Å². The van der Waals surface area contributed by atoms with Crippen LogP contribution in [0.2, 0.25) is 0 Å². The molecule has 0 unspecified atom stereocenters. The van der Waals surface area contributed by atoms with Gasteiger partial charge in [0.2, 0.25) is 0 Å². The highest BCUT2D eigenvalue weighted by molar-refractivity contribution is 5.32. The van der Waals surface area contributed by atoms with Gasteiger partial charge in [0.05, 0.1) is 6.61 Å². The van der Waals surface area contributed by atoms with Gasteiger partial charge in [0.15, 0.2) is 0 Å². The summed E-state index contributed by atoms with van der Waals surface area (Å²) in [6.07, 6.45) is 0. The molecule has 0 bridgehead atoms. The van der Waals surface area contributed by atoms with Gasteiger partial charge in [0, 0.05) is 19.7 Å². The lowest BCUT2D eigenvalue weighted by molar-refractivity contribution is 0.146. The molecule has 0 aliphatic carbocycles. The minimum absolute atomic E-state index is 0.543. The van der Waals surface area contributed by atoms with Crippen molar-refractivity contribution in [1.82, 2.24) is 5.32 Å². The van der Waals surface area contributed by atoms with Crippen LogP contribution in [0.1, 0.15) is 11.6 Å². The zero-order valence-electron chi connectivity index (χ0n) is 8.32. The number of benzene rings is 1. The lowest BCUT2D eigenvalue weighted by Gasteiger charge is -2.06. The third kappa shape index (κ3) is 2.47. The first-order chi connectivity index (χ1) is 6.90. The first-order valence-electron chi connectivity index (χ1n) is 4.85. The second kappa shape index (κ2) is 4.44. The molecule has 0 aromatic heterocycles. The highest BCUT2D eigenvalue weighted by atomic mass is 16.5. The number of rotatable bonds is 5. The smallest absolute Gasteiger partial charge is 0.119 e. The maximum Gasteiger partial charge on any atom is 0.119 e. The molecular weight excluding hydrogens is 178 g/mol. The van der Waals surface area contributed by atoms with E-state index in [0.29, 0.717) is 19.3 Å². The van der Waals surface area contributed by atoms with E-state index in [1.807, 2.05) is 12.1 Å². The van der Waals surface area contributed by atoms with Crippen LogP contribution in [0.15, 0.2) is 24.3 Å². The number of hydrogen-bond acceptors (Lipinski definition) is 3. The Kier molecular flexibility index (Phi) is 3.01. The van der Waals surface area contributed by atoms with Crippen LogP contribution >= 0.6 is 0 Å². The fourth-order valence-corrected chi connectivity index (χ4v) is 1.36. The van der Waals surface area contributed by atoms with Gasteiger partial charge < -0.3 is 14.8 Å². The van der Waals surface area contributed by atoms with Crippen molar-refractivity contribution in [3.63, 3.8) is 0 Å². The molecule has 0 spiro atoms. The number of nitrogens with one attached hydrogen (secondary N) is 1. The largest absolute Gasteiger partial charge is 0.491 e. The molecule has 1 fully saturated rings. The van der Waals surface area contributed by atoms with Crippen molar-refractivity contribution < 1.29 is 9.47 Å². The summed E-state index contributed by atoms with van der Waals surface area (Å²) in [6.45, 7) is 2.32. The van der Waals surface area contributed by atoms with E-state index in [9.17, 15) is 0 Å². The van der Waals surface area contributed by atoms with E-state index in [4.69, 9.17) is 9.47 Å². The topological polar surface area (TPSA) is 40.4 Å². The molecule has 1 aromatic carbocycles. The molecule has 2 rings (SSSR count). The average Bonchev–Trinajstić information content (AvgIpc) is 3.02. The summed E-state index contributed by atoms with van der Waals surface area (Å²) in [5.41, 5.74) is 1.31. The quantitative estimate of drug-likeness (QED) is 0.567. The number of ether oxygens (including phenoxy) is 2. The molecule has 0 radical (unpaired) electrons. The van der Waals surface area contributed by atoms with Crippen molar-refractivity contribution in [2.75, 3.05) is 26.9 Å². The van der Waals surface area contributed by atoms with E-state index in [1.165, 1.54) is 5.56 Å². The third-order valence-electron chi connectivity index (χ3n) is 2.22. The molecule has 0 saturated carbocycles. The fraction of sp³-hybridized carbons (Fsp3) is 0.455. The van der Waals surface area contributed by atoms with Crippen LogP contribution in [0.5, 0.6) is 5.75 Å². The molecule has 1 N–H and O–H groups in total. The summed E-state index contributed by atoms with van der Waals surface area (Å²) in [7, 11) is 1.67. The normalized spacial score (nSPS) is 19.4. The summed E-state index contributed by atoms with van der Waals surface area (Å²) < 4.78 is 10.4. The predicted molar refractivity (Wildman–Crippen MR) is 54.6 cm³/mol. The summed E-state index contributed by atoms with van der Waals surface area (Å²) in [5.74, 6) is 0.924. The monoisotopic (exact) mass is 193 g/mol. The van der Waals surface area contributed by atoms with Gasteiger partial charge in [0.1, 0.15) is 12.4 Å². The van der Waals surface area contributed by atoms with Crippen molar-refractivity contribution in [1.29, 1.82) is 0 Å². The Morgan fingerprint density at radius 1 is 1.43 bits per heavy atom. The number of methoxy groups -OCH3 is 1. The van der Waals surface area contributed by atoms with Crippen molar-refractivity contribution in [3.8, 4) is 5.75 Å². The average molecular weight is 193 g/mol. The Hall–Kier alpha value is -1.06. The summed E-state index contributed by atoms with van der Waals surface area (Å²) in [5, 5.41) is 3.26. The molecule has 1 aliphatic heterocycles. The zero-order valence-corrected chi connectivity index (χ0v) is 8.32. The lowest BCUT2D eigenvalue weighted by Crippen LogP contribution is -2.04. The molecule has 1 saturated heterocycles. The van der Waals surface area contributed by atoms with Gasteiger partial charge in [-0.2, -0.15) is 0 Å². The van der Waals surface area contributed by atoms with Crippen LogP contribution in [-0.2, 0) is 4.74 Å². The second-order valence-electron chi connectivity index (χ2n) is 3.37. The molecule has 0 amide bonds. The van der Waals surface area contributed by atoms with Gasteiger partial charge in [0.25, 0.3) is 0 Å². The van der Waals surface area contributed by atoms with Gasteiger partial charge in [-0.3, -0.25) is 0 Å². The maximum absolute atomic E-state index is 5.51. The Labute approximate surface area is 84.0 Å². The predicted octanol–water partition coefficient (Wildman–Crippen LogP) is 1.36. The second-order valence-corrected chi connectivity index (χ2v) is 3.37. The van der Waals surface area contributed by atoms with Crippen molar-refractivity contribution in [3.05, 3.63) is 29.8 Å². The van der Waals surface area contributed by atoms with Gasteiger partial charge in [-0.05, 0) is 17.7 Å². The SMILES string of the molecule is COCCOc1cccc([C@H]2CN2)c1. The zero-order chi connectivity index (χ0) is 9.80. The van der Waals surface area contributed by atoms with E-state index in [0.717, 1.165) is 12.3 Å². The van der Waals surface area contributed by atoms with Crippen molar-refractivity contribution in [2.24, 2.45) is 0 Å². The summed E-state index contributed by atoms with van der Waals surface area (Å²) in [4.78, 5) is 0. The van der Waals surface area contributed by atoms with Gasteiger partial charge in [-0.15, -0.1) is 0 Å².